The fourth-order valence-electron chi connectivity index (χ4n) is 5.36. The molecule has 2 aliphatic heterocycles. The molecule has 1 amide bonds. The highest BCUT2D eigenvalue weighted by Crippen LogP contribution is 2.43. The first-order valence-electron chi connectivity index (χ1n) is 14.4. The predicted molar refractivity (Wildman–Crippen MR) is 155 cm³/mol. The third kappa shape index (κ3) is 6.44. The number of fused-ring (bicyclic) bond motifs is 1. The lowest BCUT2D eigenvalue weighted by Crippen LogP contribution is -2.32. The number of amides is 1. The number of unbranched alkanes of at least 4 members (excludes halogenated alkanes) is 2. The van der Waals surface area contributed by atoms with Gasteiger partial charge in [-0.2, -0.15) is 0 Å². The molecule has 0 unspecified atom stereocenters. The van der Waals surface area contributed by atoms with E-state index in [0.29, 0.717) is 48.8 Å². The van der Waals surface area contributed by atoms with Gasteiger partial charge in [-0.3, -0.25) is 9.59 Å². The fourth-order valence-corrected chi connectivity index (χ4v) is 5.36. The largest absolute Gasteiger partial charge is 0.507 e. The van der Waals surface area contributed by atoms with Crippen LogP contribution in [0.5, 0.6) is 17.2 Å². The number of likely N-dealkylation sites (tertiary alicyclic amines) is 1. The molecule has 2 atom stereocenters. The number of nitrogens with zero attached hydrogens (tertiary/aromatic N) is 2. The summed E-state index contributed by atoms with van der Waals surface area (Å²) in [5.74, 6) is 0.480. The minimum Gasteiger partial charge on any atom is -0.507 e. The first-order chi connectivity index (χ1) is 19.2. The van der Waals surface area contributed by atoms with Crippen LogP contribution in [0.2, 0.25) is 0 Å². The highest BCUT2D eigenvalue weighted by atomic mass is 16.5. The summed E-state index contributed by atoms with van der Waals surface area (Å²) in [7, 11) is 3.94. The smallest absolute Gasteiger partial charge is 0.295 e. The number of aliphatic hydroxyl groups excluding tert-OH is 1. The number of ketones is 1. The van der Waals surface area contributed by atoms with Crippen molar-refractivity contribution in [1.29, 1.82) is 0 Å². The van der Waals surface area contributed by atoms with Crippen molar-refractivity contribution < 1.29 is 28.9 Å². The molecule has 8 nitrogen and oxygen atoms in total. The number of carbonyl (C=O) groups is 2. The van der Waals surface area contributed by atoms with Crippen LogP contribution in [0.25, 0.3) is 5.76 Å². The van der Waals surface area contributed by atoms with Gasteiger partial charge in [-0.1, -0.05) is 25.8 Å². The molecule has 0 saturated carbocycles. The summed E-state index contributed by atoms with van der Waals surface area (Å²) < 4.78 is 17.7. The molecule has 2 heterocycles. The normalized spacial score (nSPS) is 19.7. The second-order valence-corrected chi connectivity index (χ2v) is 10.8. The van der Waals surface area contributed by atoms with Gasteiger partial charge in [0, 0.05) is 18.5 Å². The van der Waals surface area contributed by atoms with Crippen molar-refractivity contribution in [2.45, 2.75) is 65.0 Å². The average molecular weight is 551 g/mol. The van der Waals surface area contributed by atoms with E-state index >= 15 is 0 Å². The Hall–Kier alpha value is -3.52. The minimum absolute atomic E-state index is 0.0503. The quantitative estimate of drug-likeness (QED) is 0.156. The van der Waals surface area contributed by atoms with Crippen molar-refractivity contribution in [3.8, 4) is 17.2 Å². The van der Waals surface area contributed by atoms with Crippen molar-refractivity contribution in [1.82, 2.24) is 9.80 Å². The van der Waals surface area contributed by atoms with Crippen LogP contribution in [-0.2, 0) is 16.0 Å². The van der Waals surface area contributed by atoms with E-state index in [4.69, 9.17) is 14.2 Å². The summed E-state index contributed by atoms with van der Waals surface area (Å²) in [6.45, 7) is 8.19. The number of aliphatic hydroxyl groups is 1. The van der Waals surface area contributed by atoms with Crippen LogP contribution in [-0.4, -0.2) is 73.1 Å². The maximum absolute atomic E-state index is 13.5. The van der Waals surface area contributed by atoms with Crippen molar-refractivity contribution in [2.75, 3.05) is 40.4 Å². The first-order valence-corrected chi connectivity index (χ1v) is 14.4. The number of ether oxygens (including phenoxy) is 3. The molecular formula is C32H42N2O6. The maximum Gasteiger partial charge on any atom is 0.295 e. The molecule has 1 N–H and O–H groups in total. The monoisotopic (exact) mass is 550 g/mol. The molecule has 216 valence electrons. The van der Waals surface area contributed by atoms with E-state index < -0.39 is 17.7 Å². The summed E-state index contributed by atoms with van der Waals surface area (Å²) in [5.41, 5.74) is 2.24. The Bertz CT molecular complexity index is 1250. The van der Waals surface area contributed by atoms with Crippen LogP contribution >= 0.6 is 0 Å². The van der Waals surface area contributed by atoms with E-state index in [9.17, 15) is 14.7 Å². The van der Waals surface area contributed by atoms with Crippen molar-refractivity contribution >= 4 is 17.4 Å². The van der Waals surface area contributed by atoms with E-state index in [-0.39, 0.29) is 17.4 Å². The molecule has 0 spiro atoms. The van der Waals surface area contributed by atoms with Gasteiger partial charge in [0.1, 0.15) is 17.6 Å². The molecule has 8 heteroatoms. The Balaban J connectivity index is 1.76. The Kier molecular flexibility index (Phi) is 9.74. The fraction of sp³-hybridized carbons (Fsp3) is 0.500. The van der Waals surface area contributed by atoms with Gasteiger partial charge in [-0.15, -0.1) is 0 Å². The van der Waals surface area contributed by atoms with E-state index in [1.165, 1.54) is 0 Å². The molecule has 2 aromatic rings. The van der Waals surface area contributed by atoms with Gasteiger partial charge < -0.3 is 29.1 Å². The maximum atomic E-state index is 13.5. The standard InChI is InChI=1S/C32H42N2O6/c1-6-8-9-17-39-26-14-11-22(20-27(26)38-7-2)29-28(31(36)32(37)34(29)16-10-15-33(4)5)30(35)23-12-13-25-24(19-23)18-21(3)40-25/h11-14,19-21,29,35H,6-10,15-18H2,1-5H3/t21-,29+/m1/s1. The molecule has 0 aliphatic carbocycles. The summed E-state index contributed by atoms with van der Waals surface area (Å²) in [6.07, 6.45) is 4.58. The van der Waals surface area contributed by atoms with Gasteiger partial charge in [0.25, 0.3) is 11.7 Å². The van der Waals surface area contributed by atoms with Crippen LogP contribution in [0.3, 0.4) is 0 Å². The van der Waals surface area contributed by atoms with E-state index in [2.05, 4.69) is 6.92 Å². The molecule has 1 fully saturated rings. The van der Waals surface area contributed by atoms with E-state index in [1.807, 2.05) is 63.2 Å². The zero-order valence-electron chi connectivity index (χ0n) is 24.4. The van der Waals surface area contributed by atoms with Crippen molar-refractivity contribution in [3.63, 3.8) is 0 Å². The van der Waals surface area contributed by atoms with Gasteiger partial charge in [0.2, 0.25) is 0 Å². The lowest BCUT2D eigenvalue weighted by molar-refractivity contribution is -0.139. The second-order valence-electron chi connectivity index (χ2n) is 10.8. The van der Waals surface area contributed by atoms with Crippen LogP contribution in [0.15, 0.2) is 42.0 Å². The van der Waals surface area contributed by atoms with Gasteiger partial charge >= 0.3 is 0 Å². The van der Waals surface area contributed by atoms with Gasteiger partial charge in [0.05, 0.1) is 24.8 Å². The van der Waals surface area contributed by atoms with E-state index in [1.54, 1.807) is 11.0 Å². The Morgan fingerprint density at radius 2 is 1.85 bits per heavy atom. The molecule has 0 bridgehead atoms. The molecule has 2 aromatic carbocycles. The molecular weight excluding hydrogens is 508 g/mol. The zero-order chi connectivity index (χ0) is 28.8. The predicted octanol–water partition coefficient (Wildman–Crippen LogP) is 5.35. The molecule has 2 aliphatic rings. The van der Waals surface area contributed by atoms with E-state index in [0.717, 1.165) is 43.5 Å². The molecule has 4 rings (SSSR count). The summed E-state index contributed by atoms with van der Waals surface area (Å²) >= 11 is 0. The Morgan fingerprint density at radius 1 is 1.05 bits per heavy atom. The van der Waals surface area contributed by atoms with Crippen LogP contribution in [0.4, 0.5) is 0 Å². The lowest BCUT2D eigenvalue weighted by Gasteiger charge is -2.26. The number of carbonyl (C=O) groups excluding carboxylic acids is 2. The topological polar surface area (TPSA) is 88.5 Å². The Morgan fingerprint density at radius 3 is 2.58 bits per heavy atom. The van der Waals surface area contributed by atoms with Crippen LogP contribution in [0.1, 0.15) is 69.2 Å². The Labute approximate surface area is 237 Å². The van der Waals surface area contributed by atoms with Crippen LogP contribution < -0.4 is 14.2 Å². The number of hydrogen-bond donors (Lipinski definition) is 1. The molecule has 0 radical (unpaired) electrons. The molecule has 1 saturated heterocycles. The lowest BCUT2D eigenvalue weighted by atomic mass is 9.94. The number of Topliss-reactive ketones (excluding diaryl/α,β-unsaturated/α-hetero) is 1. The summed E-state index contributed by atoms with van der Waals surface area (Å²) in [5, 5.41) is 11.5. The average Bonchev–Trinajstić information content (AvgIpc) is 3.42. The van der Waals surface area contributed by atoms with Gasteiger partial charge in [-0.25, -0.2) is 0 Å². The highest BCUT2D eigenvalue weighted by molar-refractivity contribution is 6.46. The highest BCUT2D eigenvalue weighted by Gasteiger charge is 2.46. The molecule has 40 heavy (non-hydrogen) atoms. The van der Waals surface area contributed by atoms with Gasteiger partial charge in [0.15, 0.2) is 11.5 Å². The number of hydrogen-bond acceptors (Lipinski definition) is 7. The third-order valence-electron chi connectivity index (χ3n) is 7.30. The zero-order valence-corrected chi connectivity index (χ0v) is 24.4. The van der Waals surface area contributed by atoms with Crippen molar-refractivity contribution in [3.05, 3.63) is 58.7 Å². The summed E-state index contributed by atoms with van der Waals surface area (Å²) in [4.78, 5) is 30.5. The second kappa shape index (κ2) is 13.2. The van der Waals surface area contributed by atoms with Gasteiger partial charge in [-0.05, 0) is 88.8 Å². The SMILES string of the molecule is CCCCCOc1ccc([C@H]2C(=C(O)c3ccc4c(c3)C[C@@H](C)O4)C(=O)C(=O)N2CCCN(C)C)cc1OCC. The van der Waals surface area contributed by atoms with Crippen molar-refractivity contribution in [2.24, 2.45) is 0 Å². The summed E-state index contributed by atoms with van der Waals surface area (Å²) in [6, 6.07) is 10.2. The molecule has 0 aromatic heterocycles. The number of rotatable bonds is 13. The van der Waals surface area contributed by atoms with Crippen LogP contribution in [0, 0.1) is 0 Å². The third-order valence-corrected chi connectivity index (χ3v) is 7.30. The number of benzene rings is 2. The minimum atomic E-state index is -0.751. The first kappa shape index (κ1) is 29.5.